The number of anilines is 1. The summed E-state index contributed by atoms with van der Waals surface area (Å²) in [6.07, 6.45) is 0. The zero-order valence-corrected chi connectivity index (χ0v) is 14.4. The number of amides is 1. The van der Waals surface area contributed by atoms with Gasteiger partial charge < -0.3 is 5.32 Å². The first-order valence-corrected chi connectivity index (χ1v) is 8.37. The van der Waals surface area contributed by atoms with E-state index in [2.05, 4.69) is 26.6 Å². The summed E-state index contributed by atoms with van der Waals surface area (Å²) in [4.78, 5) is 26.2. The van der Waals surface area contributed by atoms with Crippen molar-refractivity contribution in [1.82, 2.24) is 19.6 Å². The van der Waals surface area contributed by atoms with Crippen LogP contribution in [0, 0.1) is 20.8 Å². The third-order valence-corrected chi connectivity index (χ3v) is 4.33. The Bertz CT molecular complexity index is 956. The molecule has 0 saturated heterocycles. The Balaban J connectivity index is 1.71. The van der Waals surface area contributed by atoms with Crippen molar-refractivity contribution in [2.45, 2.75) is 25.9 Å². The van der Waals surface area contributed by atoms with E-state index in [0.29, 0.717) is 10.9 Å². The maximum Gasteiger partial charge on any atom is 0.252 e. The fourth-order valence-corrected chi connectivity index (χ4v) is 3.33. The molecule has 0 bridgehead atoms. The van der Waals surface area contributed by atoms with Gasteiger partial charge in [-0.15, -0.1) is 10.2 Å². The van der Waals surface area contributed by atoms with Crippen molar-refractivity contribution >= 4 is 29.1 Å². The van der Waals surface area contributed by atoms with Crippen LogP contribution in [0.25, 0.3) is 5.78 Å². The first kappa shape index (κ1) is 16.3. The molecular weight excluding hydrogens is 326 g/mol. The molecule has 0 aliphatic carbocycles. The van der Waals surface area contributed by atoms with Crippen LogP contribution >= 0.6 is 11.8 Å². The number of carbonyl (C=O) groups is 1. The molecule has 0 fully saturated rings. The molecule has 0 radical (unpaired) electrons. The fourth-order valence-electron chi connectivity index (χ4n) is 2.54. The molecule has 0 spiro atoms. The largest absolute Gasteiger partial charge is 0.325 e. The molecule has 2 N–H and O–H groups in total. The number of benzene rings is 1. The molecular formula is C16H17N5O2S. The molecule has 7 nitrogen and oxygen atoms in total. The average Bonchev–Trinajstić information content (AvgIpc) is 2.87. The summed E-state index contributed by atoms with van der Waals surface area (Å²) in [6, 6.07) is 7.38. The minimum absolute atomic E-state index is 0.121. The van der Waals surface area contributed by atoms with Crippen molar-refractivity contribution in [2.24, 2.45) is 0 Å². The van der Waals surface area contributed by atoms with Gasteiger partial charge in [0.05, 0.1) is 5.75 Å². The van der Waals surface area contributed by atoms with Gasteiger partial charge in [0.25, 0.3) is 5.56 Å². The Morgan fingerprint density at radius 2 is 1.88 bits per heavy atom. The van der Waals surface area contributed by atoms with E-state index in [1.807, 2.05) is 26.0 Å². The van der Waals surface area contributed by atoms with Gasteiger partial charge in [0.15, 0.2) is 5.16 Å². The number of nitrogens with one attached hydrogen (secondary N) is 2. The molecule has 0 unspecified atom stereocenters. The molecule has 3 rings (SSSR count). The van der Waals surface area contributed by atoms with Crippen molar-refractivity contribution in [3.05, 3.63) is 51.4 Å². The standard InChI is InChI=1S/C16H17N5O2S/c1-9-4-10(2)6-12(5-9)17-14(23)8-24-16-20-19-15-18-13(22)7-11(3)21(15)16/h4-7H,8H2,1-3H3,(H,17,23)(H,18,19,22). The summed E-state index contributed by atoms with van der Waals surface area (Å²) in [7, 11) is 0. The van der Waals surface area contributed by atoms with Crippen molar-refractivity contribution in [1.29, 1.82) is 0 Å². The zero-order chi connectivity index (χ0) is 17.3. The van der Waals surface area contributed by atoms with Crippen LogP contribution in [0.15, 0.2) is 34.2 Å². The molecule has 0 aliphatic heterocycles. The molecule has 2 aromatic heterocycles. The molecule has 124 valence electrons. The van der Waals surface area contributed by atoms with Crippen molar-refractivity contribution < 1.29 is 4.79 Å². The van der Waals surface area contributed by atoms with E-state index in [1.165, 1.54) is 17.8 Å². The molecule has 8 heteroatoms. The normalized spacial score (nSPS) is 11.0. The fraction of sp³-hybridized carbons (Fsp3) is 0.250. The maximum atomic E-state index is 12.2. The average molecular weight is 343 g/mol. The van der Waals surface area contributed by atoms with E-state index < -0.39 is 0 Å². The number of hydrogen-bond donors (Lipinski definition) is 2. The van der Waals surface area contributed by atoms with Gasteiger partial charge in [-0.1, -0.05) is 17.8 Å². The maximum absolute atomic E-state index is 12.2. The molecule has 24 heavy (non-hydrogen) atoms. The van der Waals surface area contributed by atoms with E-state index in [9.17, 15) is 9.59 Å². The second kappa shape index (κ2) is 6.48. The number of aromatic amines is 1. The summed E-state index contributed by atoms with van der Waals surface area (Å²) in [5.74, 6) is 0.452. The van der Waals surface area contributed by atoms with Gasteiger partial charge >= 0.3 is 0 Å². The van der Waals surface area contributed by atoms with Crippen LogP contribution in [-0.2, 0) is 4.79 Å². The van der Waals surface area contributed by atoms with E-state index >= 15 is 0 Å². The summed E-state index contributed by atoms with van der Waals surface area (Å²) >= 11 is 1.27. The Hall–Kier alpha value is -2.61. The lowest BCUT2D eigenvalue weighted by molar-refractivity contribution is -0.113. The number of aromatic nitrogens is 4. The van der Waals surface area contributed by atoms with Gasteiger partial charge in [0.2, 0.25) is 11.7 Å². The van der Waals surface area contributed by atoms with Gasteiger partial charge in [0.1, 0.15) is 0 Å². The molecule has 1 aromatic carbocycles. The van der Waals surface area contributed by atoms with Crippen molar-refractivity contribution in [3.8, 4) is 0 Å². The number of thioether (sulfide) groups is 1. The van der Waals surface area contributed by atoms with Crippen LogP contribution < -0.4 is 10.9 Å². The topological polar surface area (TPSA) is 92.2 Å². The van der Waals surface area contributed by atoms with Crippen LogP contribution in [0.2, 0.25) is 0 Å². The number of carbonyl (C=O) groups excluding carboxylic acids is 1. The highest BCUT2D eigenvalue weighted by Crippen LogP contribution is 2.18. The van der Waals surface area contributed by atoms with Crippen LogP contribution in [0.4, 0.5) is 5.69 Å². The summed E-state index contributed by atoms with van der Waals surface area (Å²) in [6.45, 7) is 5.78. The predicted octanol–water partition coefficient (Wildman–Crippen LogP) is 2.07. The van der Waals surface area contributed by atoms with Gasteiger partial charge in [0, 0.05) is 17.4 Å². The molecule has 0 saturated carbocycles. The Morgan fingerprint density at radius 3 is 2.58 bits per heavy atom. The lowest BCUT2D eigenvalue weighted by Gasteiger charge is -2.07. The lowest BCUT2D eigenvalue weighted by Crippen LogP contribution is -2.15. The van der Waals surface area contributed by atoms with Crippen LogP contribution in [0.5, 0.6) is 0 Å². The highest BCUT2D eigenvalue weighted by molar-refractivity contribution is 7.99. The monoisotopic (exact) mass is 343 g/mol. The number of hydrogen-bond acceptors (Lipinski definition) is 5. The minimum Gasteiger partial charge on any atom is -0.325 e. The Kier molecular flexibility index (Phi) is 4.39. The highest BCUT2D eigenvalue weighted by atomic mass is 32.2. The molecule has 0 aliphatic rings. The number of rotatable bonds is 4. The van der Waals surface area contributed by atoms with E-state index in [0.717, 1.165) is 22.5 Å². The SMILES string of the molecule is Cc1cc(C)cc(NC(=O)CSc2nnc3[nH]c(=O)cc(C)n23)c1. The smallest absolute Gasteiger partial charge is 0.252 e. The van der Waals surface area contributed by atoms with Gasteiger partial charge in [-0.25, -0.2) is 0 Å². The van der Waals surface area contributed by atoms with Crippen LogP contribution in [-0.4, -0.2) is 31.2 Å². The first-order valence-electron chi connectivity index (χ1n) is 7.38. The molecule has 3 aromatic rings. The number of nitrogens with zero attached hydrogens (tertiary/aromatic N) is 3. The quantitative estimate of drug-likeness (QED) is 0.708. The Labute approximate surface area is 142 Å². The predicted molar refractivity (Wildman–Crippen MR) is 93.6 cm³/mol. The number of fused-ring (bicyclic) bond motifs is 1. The number of H-pyrrole nitrogens is 1. The van der Waals surface area contributed by atoms with E-state index in [1.54, 1.807) is 11.3 Å². The summed E-state index contributed by atoms with van der Waals surface area (Å²) in [5.41, 5.74) is 3.47. The van der Waals surface area contributed by atoms with E-state index in [-0.39, 0.29) is 17.2 Å². The Morgan fingerprint density at radius 1 is 1.17 bits per heavy atom. The third kappa shape index (κ3) is 3.48. The van der Waals surface area contributed by atoms with Gasteiger partial charge in [-0.05, 0) is 44.0 Å². The summed E-state index contributed by atoms with van der Waals surface area (Å²) < 4.78 is 1.72. The highest BCUT2D eigenvalue weighted by Gasteiger charge is 2.12. The third-order valence-electron chi connectivity index (χ3n) is 3.40. The second-order valence-electron chi connectivity index (χ2n) is 5.63. The second-order valence-corrected chi connectivity index (χ2v) is 6.57. The molecule has 2 heterocycles. The first-order chi connectivity index (χ1) is 11.4. The van der Waals surface area contributed by atoms with Gasteiger partial charge in [-0.2, -0.15) is 0 Å². The van der Waals surface area contributed by atoms with Crippen molar-refractivity contribution in [3.63, 3.8) is 0 Å². The van der Waals surface area contributed by atoms with E-state index in [4.69, 9.17) is 0 Å². The summed E-state index contributed by atoms with van der Waals surface area (Å²) in [5, 5.41) is 11.4. The van der Waals surface area contributed by atoms with Gasteiger partial charge in [-0.3, -0.25) is 19.0 Å². The van der Waals surface area contributed by atoms with Crippen molar-refractivity contribution in [2.75, 3.05) is 11.1 Å². The molecule has 0 atom stereocenters. The van der Waals surface area contributed by atoms with Crippen LogP contribution in [0.1, 0.15) is 16.8 Å². The number of aryl methyl sites for hydroxylation is 3. The lowest BCUT2D eigenvalue weighted by atomic mass is 10.1. The minimum atomic E-state index is -0.225. The molecule has 1 amide bonds. The zero-order valence-electron chi connectivity index (χ0n) is 13.6. The van der Waals surface area contributed by atoms with Crippen LogP contribution in [0.3, 0.4) is 0 Å².